The summed E-state index contributed by atoms with van der Waals surface area (Å²) in [6.45, 7) is 2.13. The highest BCUT2D eigenvalue weighted by atomic mass is 28.3. The molecule has 0 unspecified atom stereocenters. The van der Waals surface area contributed by atoms with Crippen LogP contribution in [0.3, 0.4) is 0 Å². The van der Waals surface area contributed by atoms with Crippen molar-refractivity contribution in [1.82, 2.24) is 15.0 Å². The van der Waals surface area contributed by atoms with E-state index >= 15 is 0 Å². The molecule has 0 spiro atoms. The van der Waals surface area contributed by atoms with E-state index in [0.717, 1.165) is 22.3 Å². The van der Waals surface area contributed by atoms with E-state index < -0.39 is 16.1 Å². The second-order valence-corrected chi connectivity index (χ2v) is 24.2. The lowest BCUT2D eigenvalue weighted by atomic mass is 10.1. The Kier molecular flexibility index (Phi) is 8.74. The van der Waals surface area contributed by atoms with Crippen molar-refractivity contribution >= 4 is 57.6 Å². The average Bonchev–Trinajstić information content (AvgIpc) is 3.83. The van der Waals surface area contributed by atoms with Crippen LogP contribution in [0.5, 0.6) is 0 Å². The minimum absolute atomic E-state index is 0.661. The van der Waals surface area contributed by atoms with Gasteiger partial charge in [-0.15, -0.1) is 0 Å². The maximum atomic E-state index is 5.44. The quantitative estimate of drug-likeness (QED) is 0.154. The van der Waals surface area contributed by atoms with Crippen molar-refractivity contribution in [2.45, 2.75) is 6.92 Å². The summed E-state index contributed by atoms with van der Waals surface area (Å²) in [5.41, 5.74) is 9.35. The van der Waals surface area contributed by atoms with E-state index in [1.807, 2.05) is 0 Å². The van der Waals surface area contributed by atoms with Crippen LogP contribution in [-0.4, -0.2) is 31.1 Å². The van der Waals surface area contributed by atoms with Gasteiger partial charge in [0.2, 0.25) is 0 Å². The number of aryl methyl sites for hydroxylation is 1. The van der Waals surface area contributed by atoms with Gasteiger partial charge in [-0.3, -0.25) is 0 Å². The topological polar surface area (TPSA) is 38.7 Å². The Morgan fingerprint density at radius 1 is 0.270 bits per heavy atom. The van der Waals surface area contributed by atoms with E-state index in [2.05, 4.69) is 237 Å². The van der Waals surface area contributed by atoms with E-state index in [-0.39, 0.29) is 0 Å². The normalized spacial score (nSPS) is 13.7. The lowest BCUT2D eigenvalue weighted by Gasteiger charge is -2.31. The molecule has 0 fully saturated rings. The van der Waals surface area contributed by atoms with Crippen LogP contribution < -0.4 is 41.5 Å². The molecule has 5 heteroatoms. The van der Waals surface area contributed by atoms with Crippen molar-refractivity contribution in [1.29, 1.82) is 0 Å². The first-order valence-electron chi connectivity index (χ1n) is 21.7. The van der Waals surface area contributed by atoms with E-state index in [1.54, 1.807) is 0 Å². The molecule has 2 aliphatic heterocycles. The zero-order chi connectivity index (χ0) is 42.0. The van der Waals surface area contributed by atoms with E-state index in [4.69, 9.17) is 15.0 Å². The first-order valence-corrected chi connectivity index (χ1v) is 25.7. The molecule has 9 aromatic carbocycles. The standard InChI is InChI=1S/C58H41N3Si2/c1-40-20-8-9-29-47(40)58-60-56(41-21-18-27-45(38-41)62(43-23-4-2-5-24-43)52-34-14-10-30-48(52)49-31-11-15-35-53(49)62)59-57(61-58)42-22-19-28-46(39-42)63(44-25-6-3-7-26-44)54-36-16-12-32-50(54)51-33-13-17-37-55(51)63/h2-39H,1H3. The Morgan fingerprint density at radius 2 is 0.587 bits per heavy atom. The molecule has 0 amide bonds. The molecule has 2 aliphatic rings. The van der Waals surface area contributed by atoms with Crippen LogP contribution in [0.2, 0.25) is 0 Å². The Bertz CT molecular complexity index is 3090. The number of rotatable bonds is 7. The van der Waals surface area contributed by atoms with Crippen LogP contribution in [0.25, 0.3) is 56.4 Å². The molecule has 0 aliphatic carbocycles. The van der Waals surface area contributed by atoms with Gasteiger partial charge in [0.15, 0.2) is 33.6 Å². The zero-order valence-electron chi connectivity index (χ0n) is 34.8. The van der Waals surface area contributed by atoms with Gasteiger partial charge in [0.25, 0.3) is 0 Å². The maximum absolute atomic E-state index is 5.44. The van der Waals surface area contributed by atoms with Crippen molar-refractivity contribution in [2.75, 3.05) is 0 Å². The maximum Gasteiger partial charge on any atom is 0.180 e. The summed E-state index contributed by atoms with van der Waals surface area (Å²) in [5.74, 6) is 1.99. The molecule has 0 radical (unpaired) electrons. The average molecular weight is 836 g/mol. The van der Waals surface area contributed by atoms with Crippen LogP contribution in [0.4, 0.5) is 0 Å². The highest BCUT2D eigenvalue weighted by molar-refractivity contribution is 7.23. The summed E-state index contributed by atoms with van der Waals surface area (Å²) < 4.78 is 0. The molecule has 0 bridgehead atoms. The van der Waals surface area contributed by atoms with E-state index in [0.29, 0.717) is 17.5 Å². The molecule has 12 rings (SSSR count). The third-order valence-electron chi connectivity index (χ3n) is 13.4. The minimum Gasteiger partial charge on any atom is -0.208 e. The molecule has 0 saturated heterocycles. The van der Waals surface area contributed by atoms with Gasteiger partial charge >= 0.3 is 0 Å². The van der Waals surface area contributed by atoms with Crippen molar-refractivity contribution < 1.29 is 0 Å². The Labute approximate surface area is 370 Å². The first kappa shape index (κ1) is 37.2. The second-order valence-electron chi connectivity index (χ2n) is 16.7. The largest absolute Gasteiger partial charge is 0.208 e. The third kappa shape index (κ3) is 5.60. The molecule has 3 heterocycles. The van der Waals surface area contributed by atoms with Crippen LogP contribution in [0.1, 0.15) is 5.56 Å². The van der Waals surface area contributed by atoms with Crippen molar-refractivity contribution in [3.05, 3.63) is 236 Å². The summed E-state index contributed by atoms with van der Waals surface area (Å²) in [6, 6.07) is 85.0. The molecule has 10 aromatic rings. The summed E-state index contributed by atoms with van der Waals surface area (Å²) in [5, 5.41) is 11.0. The summed E-state index contributed by atoms with van der Waals surface area (Å²) >= 11 is 0. The number of aromatic nitrogens is 3. The minimum atomic E-state index is -2.74. The zero-order valence-corrected chi connectivity index (χ0v) is 36.8. The predicted molar refractivity (Wildman–Crippen MR) is 266 cm³/mol. The van der Waals surface area contributed by atoms with Crippen molar-refractivity contribution in [2.24, 2.45) is 0 Å². The van der Waals surface area contributed by atoms with Crippen LogP contribution in [0.15, 0.2) is 231 Å². The van der Waals surface area contributed by atoms with Crippen LogP contribution in [-0.2, 0) is 0 Å². The molecule has 3 nitrogen and oxygen atoms in total. The number of hydrogen-bond donors (Lipinski definition) is 0. The van der Waals surface area contributed by atoms with Gasteiger partial charge in [-0.2, -0.15) is 0 Å². The van der Waals surface area contributed by atoms with Gasteiger partial charge < -0.3 is 0 Å². The van der Waals surface area contributed by atoms with Gasteiger partial charge in [0.1, 0.15) is 0 Å². The van der Waals surface area contributed by atoms with Crippen LogP contribution in [0, 0.1) is 6.92 Å². The van der Waals surface area contributed by atoms with Gasteiger partial charge in [-0.1, -0.05) is 231 Å². The Balaban J connectivity index is 1.08. The summed E-state index contributed by atoms with van der Waals surface area (Å²) in [4.78, 5) is 16.1. The van der Waals surface area contributed by atoms with Gasteiger partial charge in [0, 0.05) is 16.7 Å². The SMILES string of the molecule is Cc1ccccc1-c1nc(-c2cccc([Si]3(c4ccccc4)c4ccccc4-c4ccccc43)c2)nc(-c2cccc([Si]3(c4ccccc4)c4ccccc4-c4ccccc43)c2)n1. The number of nitrogens with zero attached hydrogens (tertiary/aromatic N) is 3. The summed E-state index contributed by atoms with van der Waals surface area (Å²) in [6.07, 6.45) is 0. The molecule has 0 atom stereocenters. The molecule has 296 valence electrons. The van der Waals surface area contributed by atoms with E-state index in [1.165, 1.54) is 63.7 Å². The molecular formula is C58H41N3Si2. The van der Waals surface area contributed by atoms with Crippen molar-refractivity contribution in [3.63, 3.8) is 0 Å². The highest BCUT2D eigenvalue weighted by Crippen LogP contribution is 2.32. The fourth-order valence-electron chi connectivity index (χ4n) is 10.8. The highest BCUT2D eigenvalue weighted by Gasteiger charge is 2.50. The third-order valence-corrected chi connectivity index (χ3v) is 23.2. The fourth-order valence-corrected chi connectivity index (χ4v) is 21.2. The van der Waals surface area contributed by atoms with Crippen molar-refractivity contribution in [3.8, 4) is 56.4 Å². The Hall–Kier alpha value is -7.58. The molecule has 0 saturated carbocycles. The van der Waals surface area contributed by atoms with E-state index in [9.17, 15) is 0 Å². The summed E-state index contributed by atoms with van der Waals surface area (Å²) in [7, 11) is -5.48. The lowest BCUT2D eigenvalue weighted by molar-refractivity contribution is 1.07. The molecule has 0 N–H and O–H groups in total. The fraction of sp³-hybridized carbons (Fsp3) is 0.0172. The monoisotopic (exact) mass is 835 g/mol. The number of hydrogen-bond acceptors (Lipinski definition) is 3. The molecule has 1 aromatic heterocycles. The first-order chi connectivity index (χ1) is 31.2. The van der Waals surface area contributed by atoms with Crippen LogP contribution >= 0.6 is 0 Å². The smallest absolute Gasteiger partial charge is 0.180 e. The second kappa shape index (κ2) is 14.8. The van der Waals surface area contributed by atoms with Gasteiger partial charge in [0.05, 0.1) is 0 Å². The number of fused-ring (bicyclic) bond motifs is 6. The van der Waals surface area contributed by atoms with Gasteiger partial charge in [-0.25, -0.2) is 15.0 Å². The van der Waals surface area contributed by atoms with Gasteiger partial charge in [-0.05, 0) is 76.2 Å². The lowest BCUT2D eigenvalue weighted by Crippen LogP contribution is -2.72. The molecular weight excluding hydrogens is 795 g/mol. The number of benzene rings is 9. The predicted octanol–water partition coefficient (Wildman–Crippen LogP) is 7.90. The molecule has 63 heavy (non-hydrogen) atoms. The Morgan fingerprint density at radius 3 is 0.984 bits per heavy atom.